The van der Waals surface area contributed by atoms with E-state index >= 15 is 0 Å². The first-order chi connectivity index (χ1) is 17.5. The number of halogens is 3. The van der Waals surface area contributed by atoms with E-state index in [-0.39, 0.29) is 30.8 Å². The van der Waals surface area contributed by atoms with E-state index in [1.807, 2.05) is 0 Å². The lowest BCUT2D eigenvalue weighted by atomic mass is 9.97. The van der Waals surface area contributed by atoms with Gasteiger partial charge in [-0.25, -0.2) is 8.42 Å². The van der Waals surface area contributed by atoms with E-state index in [9.17, 15) is 36.3 Å². The third-order valence-electron chi connectivity index (χ3n) is 6.40. The summed E-state index contributed by atoms with van der Waals surface area (Å²) in [7, 11) is -4.53. The van der Waals surface area contributed by atoms with Crippen molar-refractivity contribution in [1.29, 1.82) is 0 Å². The topological polar surface area (TPSA) is 110 Å². The van der Waals surface area contributed by atoms with E-state index in [0.717, 1.165) is 22.5 Å². The number of esters is 1. The molecule has 8 nitrogen and oxygen atoms in total. The molecule has 0 radical (unpaired) electrons. The number of rotatable bonds is 7. The molecule has 0 spiro atoms. The minimum absolute atomic E-state index is 0.0377. The molecular weight excluding hydrogens is 527 g/mol. The summed E-state index contributed by atoms with van der Waals surface area (Å²) in [5.41, 5.74) is -2.42. The number of alkyl halides is 3. The quantitative estimate of drug-likeness (QED) is 0.489. The number of sulfonamides is 1. The molecule has 38 heavy (non-hydrogen) atoms. The van der Waals surface area contributed by atoms with Gasteiger partial charge in [0.2, 0.25) is 0 Å². The van der Waals surface area contributed by atoms with Gasteiger partial charge in [-0.2, -0.15) is 13.2 Å². The number of carbonyl (C=O) groups is 2. The fraction of sp³-hybridized carbons (Fsp3) is 0.462. The number of carboxylic acids is 1. The molecule has 2 aromatic carbocycles. The lowest BCUT2D eigenvalue weighted by Gasteiger charge is -2.36. The third kappa shape index (κ3) is 5.90. The van der Waals surface area contributed by atoms with Gasteiger partial charge in [0.05, 0.1) is 34.5 Å². The van der Waals surface area contributed by atoms with Gasteiger partial charge in [-0.15, -0.1) is 0 Å². The first kappa shape index (κ1) is 27.7. The largest absolute Gasteiger partial charge is 0.486 e. The zero-order valence-electron chi connectivity index (χ0n) is 21.0. The molecule has 1 heterocycles. The molecular formula is C26H28F3NO7S. The highest BCUT2D eigenvalue weighted by Crippen LogP contribution is 2.51. The van der Waals surface area contributed by atoms with Crippen molar-refractivity contribution in [2.24, 2.45) is 5.41 Å². The first-order valence-corrected chi connectivity index (χ1v) is 13.4. The molecule has 1 saturated carbocycles. The van der Waals surface area contributed by atoms with Crippen LogP contribution in [0, 0.1) is 5.41 Å². The van der Waals surface area contributed by atoms with Gasteiger partial charge in [-0.3, -0.25) is 13.9 Å². The number of aliphatic carboxylic acids is 1. The lowest BCUT2D eigenvalue weighted by Crippen LogP contribution is -2.45. The Kier molecular flexibility index (Phi) is 6.92. The van der Waals surface area contributed by atoms with Crippen molar-refractivity contribution in [3.8, 4) is 5.75 Å². The molecule has 1 aliphatic heterocycles. The Morgan fingerprint density at radius 3 is 2.39 bits per heavy atom. The average molecular weight is 556 g/mol. The molecule has 0 bridgehead atoms. The maximum absolute atomic E-state index is 13.7. The van der Waals surface area contributed by atoms with Crippen molar-refractivity contribution in [2.75, 3.05) is 10.8 Å². The van der Waals surface area contributed by atoms with E-state index in [4.69, 9.17) is 9.47 Å². The van der Waals surface area contributed by atoms with Gasteiger partial charge in [0.15, 0.2) is 0 Å². The Bertz CT molecular complexity index is 1360. The van der Waals surface area contributed by atoms with Crippen molar-refractivity contribution in [3.05, 3.63) is 53.6 Å². The molecule has 1 N–H and O–H groups in total. The predicted octanol–water partition coefficient (Wildman–Crippen LogP) is 4.80. The maximum Gasteiger partial charge on any atom is 0.416 e. The second-order valence-electron chi connectivity index (χ2n) is 10.7. The molecule has 0 aromatic heterocycles. The monoisotopic (exact) mass is 555 g/mol. The normalized spacial score (nSPS) is 18.8. The standard InChI is InChI=1S/C26H28F3NO7S/c1-24(2,3)37-22(31)12-16-7-8-21-20(11-16)30(15-18(36-21)14-25(9-10-25)23(32)33)38(34,35)19-6-4-5-17(13-19)26(27,28)29/h4-8,11,13,18H,9-10,12,14-15H2,1-3H3,(H,32,33)/t18-/m0/s1. The number of hydrogen-bond donors (Lipinski definition) is 1. The minimum Gasteiger partial charge on any atom is -0.486 e. The van der Waals surface area contributed by atoms with Crippen LogP contribution in [0.25, 0.3) is 0 Å². The SMILES string of the molecule is CC(C)(C)OC(=O)Cc1ccc2c(c1)N(S(=O)(=O)c1cccc(C(F)(F)F)c1)C[C@H](CC1(C(=O)O)CC1)O2. The van der Waals surface area contributed by atoms with E-state index < -0.39 is 55.7 Å². The number of fused-ring (bicyclic) bond motifs is 1. The van der Waals surface area contributed by atoms with E-state index in [0.29, 0.717) is 24.5 Å². The van der Waals surface area contributed by atoms with Crippen LogP contribution < -0.4 is 9.04 Å². The van der Waals surface area contributed by atoms with Crippen molar-refractivity contribution >= 4 is 27.6 Å². The summed E-state index contributed by atoms with van der Waals surface area (Å²) in [5.74, 6) is -1.44. The second-order valence-corrected chi connectivity index (χ2v) is 12.5. The number of nitrogens with zero attached hydrogens (tertiary/aromatic N) is 1. The Morgan fingerprint density at radius 1 is 1.13 bits per heavy atom. The summed E-state index contributed by atoms with van der Waals surface area (Å²) in [6.07, 6.45) is -4.89. The number of carboxylic acid groups (broad SMARTS) is 1. The summed E-state index contributed by atoms with van der Waals surface area (Å²) < 4.78 is 79.6. The van der Waals surface area contributed by atoms with E-state index in [1.165, 1.54) is 12.1 Å². The zero-order chi connectivity index (χ0) is 28.1. The fourth-order valence-electron chi connectivity index (χ4n) is 4.40. The molecule has 1 aliphatic carbocycles. The van der Waals surface area contributed by atoms with Crippen LogP contribution in [-0.4, -0.2) is 43.7 Å². The average Bonchev–Trinajstić information content (AvgIpc) is 3.58. The van der Waals surface area contributed by atoms with Crippen LogP contribution in [0.2, 0.25) is 0 Å². The Hall–Kier alpha value is -3.28. The van der Waals surface area contributed by atoms with Gasteiger partial charge in [0, 0.05) is 6.42 Å². The van der Waals surface area contributed by atoms with Crippen LogP contribution in [0.5, 0.6) is 5.75 Å². The van der Waals surface area contributed by atoms with Crippen LogP contribution in [0.3, 0.4) is 0 Å². The summed E-state index contributed by atoms with van der Waals surface area (Å²) in [4.78, 5) is 23.5. The minimum atomic E-state index is -4.75. The Balaban J connectivity index is 1.73. The van der Waals surface area contributed by atoms with Crippen LogP contribution in [0.4, 0.5) is 18.9 Å². The summed E-state index contributed by atoms with van der Waals surface area (Å²) >= 11 is 0. The van der Waals surface area contributed by atoms with Gasteiger partial charge >= 0.3 is 18.1 Å². The van der Waals surface area contributed by atoms with Crippen LogP contribution in [0.15, 0.2) is 47.4 Å². The third-order valence-corrected chi connectivity index (χ3v) is 8.17. The maximum atomic E-state index is 13.7. The molecule has 4 rings (SSSR count). The highest BCUT2D eigenvalue weighted by Gasteiger charge is 2.53. The number of carbonyl (C=O) groups excluding carboxylic acids is 1. The molecule has 206 valence electrons. The summed E-state index contributed by atoms with van der Waals surface area (Å²) in [6.45, 7) is 4.81. The Labute approximate surface area is 218 Å². The number of benzene rings is 2. The van der Waals surface area contributed by atoms with Gasteiger partial charge in [-0.05, 0) is 69.5 Å². The van der Waals surface area contributed by atoms with Crippen molar-refractivity contribution in [1.82, 2.24) is 0 Å². The highest BCUT2D eigenvalue weighted by molar-refractivity contribution is 7.92. The Morgan fingerprint density at radius 2 is 1.82 bits per heavy atom. The van der Waals surface area contributed by atoms with Crippen molar-refractivity contribution in [3.63, 3.8) is 0 Å². The zero-order valence-corrected chi connectivity index (χ0v) is 21.9. The molecule has 2 aromatic rings. The molecule has 1 atom stereocenters. The number of anilines is 1. The van der Waals surface area contributed by atoms with Gasteiger partial charge in [0.1, 0.15) is 17.5 Å². The molecule has 1 fully saturated rings. The van der Waals surface area contributed by atoms with Gasteiger partial charge in [0.25, 0.3) is 10.0 Å². The molecule has 0 saturated heterocycles. The van der Waals surface area contributed by atoms with Crippen molar-refractivity contribution in [2.45, 2.75) is 69.2 Å². The predicted molar refractivity (Wildman–Crippen MR) is 130 cm³/mol. The van der Waals surface area contributed by atoms with E-state index in [2.05, 4.69) is 0 Å². The fourth-order valence-corrected chi connectivity index (χ4v) is 5.94. The molecule has 12 heteroatoms. The van der Waals surface area contributed by atoms with Crippen LogP contribution in [-0.2, 0) is 36.9 Å². The van der Waals surface area contributed by atoms with Crippen LogP contribution >= 0.6 is 0 Å². The number of hydrogen-bond acceptors (Lipinski definition) is 6. The lowest BCUT2D eigenvalue weighted by molar-refractivity contribution is -0.154. The first-order valence-electron chi connectivity index (χ1n) is 12.0. The molecule has 2 aliphatic rings. The highest BCUT2D eigenvalue weighted by atomic mass is 32.2. The van der Waals surface area contributed by atoms with E-state index in [1.54, 1.807) is 26.8 Å². The summed E-state index contributed by atoms with van der Waals surface area (Å²) in [5, 5.41) is 9.60. The second kappa shape index (κ2) is 9.48. The smallest absolute Gasteiger partial charge is 0.416 e. The van der Waals surface area contributed by atoms with Gasteiger partial charge in [-0.1, -0.05) is 12.1 Å². The molecule has 0 amide bonds. The van der Waals surface area contributed by atoms with Crippen LogP contribution in [0.1, 0.15) is 51.2 Å². The number of ether oxygens (including phenoxy) is 2. The summed E-state index contributed by atoms with van der Waals surface area (Å²) in [6, 6.07) is 7.86. The van der Waals surface area contributed by atoms with Crippen molar-refractivity contribution < 1.29 is 45.8 Å². The molecule has 0 unspecified atom stereocenters. The van der Waals surface area contributed by atoms with Gasteiger partial charge < -0.3 is 14.6 Å².